The fraction of sp³-hybridized carbons (Fsp3) is 0.308. The largest absolute Gasteiger partial charge is 0.435 e. The first-order valence-corrected chi connectivity index (χ1v) is 8.38. The number of halogens is 10. The van der Waals surface area contributed by atoms with Crippen LogP contribution in [0.1, 0.15) is 10.4 Å². The van der Waals surface area contributed by atoms with Crippen molar-refractivity contribution in [3.05, 3.63) is 43.3 Å². The molecule has 1 aromatic carbocycles. The summed E-state index contributed by atoms with van der Waals surface area (Å²) in [6.07, 6.45) is -11.1. The summed E-state index contributed by atoms with van der Waals surface area (Å²) in [4.78, 5) is 4.35. The Morgan fingerprint density at radius 2 is 1.42 bits per heavy atom. The predicted octanol–water partition coefficient (Wildman–Crippen LogP) is 7.00. The fourth-order valence-corrected chi connectivity index (χ4v) is 3.51. The van der Waals surface area contributed by atoms with Crippen LogP contribution in [0, 0.1) is 0 Å². The van der Waals surface area contributed by atoms with Crippen LogP contribution in [0.3, 0.4) is 0 Å². The first-order valence-electron chi connectivity index (χ1n) is 6.43. The number of aromatic nitrogens is 1. The Morgan fingerprint density at radius 3 is 1.81 bits per heavy atom. The van der Waals surface area contributed by atoms with Gasteiger partial charge in [0.25, 0.3) is 0 Å². The fourth-order valence-electron chi connectivity index (χ4n) is 1.97. The highest BCUT2D eigenvalue weighted by Gasteiger charge is 2.73. The van der Waals surface area contributed by atoms with E-state index in [0.29, 0.717) is 4.88 Å². The molecular formula is C13H6Cl3F7N2S. The summed E-state index contributed by atoms with van der Waals surface area (Å²) in [5, 5.41) is 1.41. The first kappa shape index (κ1) is 21.3. The molecular weight excluding hydrogens is 456 g/mol. The highest BCUT2D eigenvalue weighted by molar-refractivity contribution is 7.15. The summed E-state index contributed by atoms with van der Waals surface area (Å²) in [6.45, 7) is 0.0441. The number of rotatable bonds is 4. The van der Waals surface area contributed by atoms with Gasteiger partial charge < -0.3 is 5.32 Å². The van der Waals surface area contributed by atoms with Crippen molar-refractivity contribution in [3.63, 3.8) is 0 Å². The average molecular weight is 462 g/mol. The van der Waals surface area contributed by atoms with Crippen molar-refractivity contribution < 1.29 is 30.7 Å². The molecule has 2 rings (SSSR count). The molecule has 2 aromatic rings. The topological polar surface area (TPSA) is 24.9 Å². The lowest BCUT2D eigenvalue weighted by Gasteiger charge is -2.30. The second kappa shape index (κ2) is 7.21. The van der Waals surface area contributed by atoms with E-state index in [1.165, 1.54) is 6.20 Å². The molecule has 1 heterocycles. The molecule has 0 aliphatic carbocycles. The maximum Gasteiger partial charge on any atom is 0.435 e. The van der Waals surface area contributed by atoms with E-state index >= 15 is 0 Å². The number of hydrogen-bond donors (Lipinski definition) is 1. The van der Waals surface area contributed by atoms with E-state index in [-0.39, 0.29) is 28.8 Å². The third-order valence-electron chi connectivity index (χ3n) is 3.19. The third-order valence-corrected chi connectivity index (χ3v) is 4.90. The number of hydrogen-bond acceptors (Lipinski definition) is 3. The van der Waals surface area contributed by atoms with Gasteiger partial charge in [-0.1, -0.05) is 34.8 Å². The van der Waals surface area contributed by atoms with E-state index in [1.807, 2.05) is 0 Å². The van der Waals surface area contributed by atoms with Crippen molar-refractivity contribution in [2.24, 2.45) is 0 Å². The monoisotopic (exact) mass is 460 g/mol. The minimum atomic E-state index is -6.26. The molecule has 0 aliphatic heterocycles. The maximum absolute atomic E-state index is 14.1. The molecule has 1 N–H and O–H groups in total. The van der Waals surface area contributed by atoms with Crippen LogP contribution in [-0.4, -0.2) is 17.3 Å². The standard InChI is InChI=1S/C13H6Cl3F7N2S/c14-7-1-5(11(17,12(18,19)20)13(21,22)23)2-8(15)9(7)24-3-6-4-25-10(16)26-6/h1-2,4,24H,3H2. The number of nitrogens with one attached hydrogen (secondary N) is 1. The molecule has 13 heteroatoms. The maximum atomic E-state index is 14.1. The molecule has 0 amide bonds. The Balaban J connectivity index is 2.41. The zero-order valence-corrected chi connectivity index (χ0v) is 15.2. The highest BCUT2D eigenvalue weighted by atomic mass is 35.5. The molecule has 144 valence electrons. The van der Waals surface area contributed by atoms with E-state index in [2.05, 4.69) is 10.3 Å². The van der Waals surface area contributed by atoms with Gasteiger partial charge in [-0.15, -0.1) is 11.3 Å². The van der Waals surface area contributed by atoms with Gasteiger partial charge in [-0.3, -0.25) is 0 Å². The van der Waals surface area contributed by atoms with E-state index in [1.54, 1.807) is 0 Å². The van der Waals surface area contributed by atoms with Gasteiger partial charge in [0.1, 0.15) is 0 Å². The Kier molecular flexibility index (Phi) is 5.92. The smallest absolute Gasteiger partial charge is 0.378 e. The Bertz CT molecular complexity index is 767. The Morgan fingerprint density at radius 1 is 0.923 bits per heavy atom. The van der Waals surface area contributed by atoms with Gasteiger partial charge in [0, 0.05) is 16.6 Å². The number of nitrogens with zero attached hydrogens (tertiary/aromatic N) is 1. The van der Waals surface area contributed by atoms with Crippen molar-refractivity contribution in [1.82, 2.24) is 4.98 Å². The number of anilines is 1. The quantitative estimate of drug-likeness (QED) is 0.496. The molecule has 0 bridgehead atoms. The molecule has 2 nitrogen and oxygen atoms in total. The molecule has 0 saturated carbocycles. The number of alkyl halides is 7. The minimum absolute atomic E-state index is 0.0441. The molecule has 0 spiro atoms. The third kappa shape index (κ3) is 3.97. The second-order valence-electron chi connectivity index (χ2n) is 4.90. The predicted molar refractivity (Wildman–Crippen MR) is 85.8 cm³/mol. The summed E-state index contributed by atoms with van der Waals surface area (Å²) in [5.74, 6) is 0. The van der Waals surface area contributed by atoms with Crippen molar-refractivity contribution >= 4 is 51.8 Å². The molecule has 0 unspecified atom stereocenters. The minimum Gasteiger partial charge on any atom is -0.378 e. The summed E-state index contributed by atoms with van der Waals surface area (Å²) < 4.78 is 91.1. The zero-order chi connectivity index (χ0) is 19.9. The van der Waals surface area contributed by atoms with Gasteiger partial charge >= 0.3 is 18.0 Å². The van der Waals surface area contributed by atoms with Gasteiger partial charge in [0.2, 0.25) is 0 Å². The average Bonchev–Trinajstić information content (AvgIpc) is 2.88. The number of thiazole rings is 1. The Labute approximate surface area is 160 Å². The molecule has 0 radical (unpaired) electrons. The van der Waals surface area contributed by atoms with Crippen molar-refractivity contribution in [1.29, 1.82) is 0 Å². The van der Waals surface area contributed by atoms with E-state index in [0.717, 1.165) is 11.3 Å². The van der Waals surface area contributed by atoms with Gasteiger partial charge in [-0.2, -0.15) is 26.3 Å². The molecule has 0 saturated heterocycles. The normalized spacial score (nSPS) is 13.2. The van der Waals surface area contributed by atoms with Gasteiger partial charge in [-0.05, 0) is 12.1 Å². The highest BCUT2D eigenvalue weighted by Crippen LogP contribution is 2.54. The van der Waals surface area contributed by atoms with Crippen LogP contribution in [0.5, 0.6) is 0 Å². The van der Waals surface area contributed by atoms with Gasteiger partial charge in [-0.25, -0.2) is 9.37 Å². The molecule has 0 fully saturated rings. The van der Waals surface area contributed by atoms with Gasteiger partial charge in [0.05, 0.1) is 22.3 Å². The zero-order valence-electron chi connectivity index (χ0n) is 12.1. The van der Waals surface area contributed by atoms with Crippen LogP contribution in [0.2, 0.25) is 14.5 Å². The van der Waals surface area contributed by atoms with E-state index < -0.39 is 33.6 Å². The lowest BCUT2D eigenvalue weighted by molar-refractivity contribution is -0.348. The number of benzene rings is 1. The van der Waals surface area contributed by atoms with Gasteiger partial charge in [0.15, 0.2) is 4.47 Å². The summed E-state index contributed by atoms with van der Waals surface area (Å²) in [6, 6.07) is 0.465. The van der Waals surface area contributed by atoms with Crippen molar-refractivity contribution in [3.8, 4) is 0 Å². The molecule has 0 atom stereocenters. The van der Waals surface area contributed by atoms with Crippen LogP contribution in [0.25, 0.3) is 0 Å². The summed E-state index contributed by atoms with van der Waals surface area (Å²) in [5.41, 5.74) is -7.54. The van der Waals surface area contributed by atoms with Crippen molar-refractivity contribution in [2.75, 3.05) is 5.32 Å². The Hall–Kier alpha value is -0.970. The van der Waals surface area contributed by atoms with Crippen LogP contribution >= 0.6 is 46.1 Å². The second-order valence-corrected chi connectivity index (χ2v) is 7.41. The summed E-state index contributed by atoms with van der Waals surface area (Å²) >= 11 is 18.2. The van der Waals surface area contributed by atoms with Crippen LogP contribution in [-0.2, 0) is 12.2 Å². The summed E-state index contributed by atoms with van der Waals surface area (Å²) in [7, 11) is 0. The van der Waals surface area contributed by atoms with Crippen LogP contribution < -0.4 is 5.32 Å². The lowest BCUT2D eigenvalue weighted by Crippen LogP contribution is -2.50. The molecule has 0 aliphatic rings. The molecule has 1 aromatic heterocycles. The SMILES string of the molecule is FC(F)(F)C(F)(c1cc(Cl)c(NCc2cnc(Cl)s2)c(Cl)c1)C(F)(F)F. The van der Waals surface area contributed by atoms with E-state index in [9.17, 15) is 30.7 Å². The van der Waals surface area contributed by atoms with Crippen LogP contribution in [0.4, 0.5) is 36.4 Å². The molecule has 26 heavy (non-hydrogen) atoms. The van der Waals surface area contributed by atoms with Crippen LogP contribution in [0.15, 0.2) is 18.3 Å². The lowest BCUT2D eigenvalue weighted by atomic mass is 9.94. The first-order chi connectivity index (χ1) is 11.8. The van der Waals surface area contributed by atoms with Crippen molar-refractivity contribution in [2.45, 2.75) is 24.6 Å². The van der Waals surface area contributed by atoms with E-state index in [4.69, 9.17) is 34.8 Å².